The molecule has 0 saturated heterocycles. The van der Waals surface area contributed by atoms with Crippen molar-refractivity contribution in [3.05, 3.63) is 45.3 Å². The number of furan rings is 1. The molecule has 0 aliphatic rings. The molecule has 2 heterocycles. The summed E-state index contributed by atoms with van der Waals surface area (Å²) < 4.78 is 5.31. The summed E-state index contributed by atoms with van der Waals surface area (Å²) in [6, 6.07) is 3.61. The van der Waals surface area contributed by atoms with E-state index in [-0.39, 0.29) is 24.5 Å². The molecular formula is C13H16N4O3. The maximum atomic E-state index is 11.8. The van der Waals surface area contributed by atoms with Crippen LogP contribution in [0.3, 0.4) is 0 Å². The Labute approximate surface area is 115 Å². The summed E-state index contributed by atoms with van der Waals surface area (Å²) in [6.07, 6.45) is 1.77. The van der Waals surface area contributed by atoms with Crippen LogP contribution in [0.4, 0.5) is 5.95 Å². The first kappa shape index (κ1) is 14.0. The minimum absolute atomic E-state index is 0.0889. The zero-order chi connectivity index (χ0) is 14.5. The number of anilines is 1. The van der Waals surface area contributed by atoms with E-state index in [1.807, 2.05) is 13.0 Å². The molecule has 0 saturated carbocycles. The molecule has 20 heavy (non-hydrogen) atoms. The third-order valence-corrected chi connectivity index (χ3v) is 2.71. The van der Waals surface area contributed by atoms with Crippen molar-refractivity contribution in [2.45, 2.75) is 20.3 Å². The van der Waals surface area contributed by atoms with Crippen LogP contribution < -0.4 is 11.0 Å². The molecule has 0 aliphatic heterocycles. The number of H-pyrrole nitrogens is 1. The minimum atomic E-state index is -0.280. The highest BCUT2D eigenvalue weighted by atomic mass is 16.3. The number of rotatable bonds is 5. The number of aliphatic hydroxyl groups excluding tert-OH is 1. The number of aromatic nitrogens is 2. The molecule has 0 aromatic carbocycles. The third kappa shape index (κ3) is 3.33. The molecule has 0 radical (unpaired) electrons. The lowest BCUT2D eigenvalue weighted by molar-refractivity contribution is 0.298. The van der Waals surface area contributed by atoms with Crippen LogP contribution in [0.15, 0.2) is 26.4 Å². The average Bonchev–Trinajstić information content (AvgIpc) is 2.80. The maximum absolute atomic E-state index is 11.8. The Morgan fingerprint density at radius 2 is 2.30 bits per heavy atom. The molecule has 3 N–H and O–H groups in total. The Hall–Kier alpha value is -2.41. The fourth-order valence-corrected chi connectivity index (χ4v) is 1.75. The Balaban J connectivity index is 2.10. The van der Waals surface area contributed by atoms with Gasteiger partial charge in [-0.2, -0.15) is 5.10 Å². The molecule has 7 heteroatoms. The van der Waals surface area contributed by atoms with Gasteiger partial charge in [0.2, 0.25) is 5.95 Å². The lowest BCUT2D eigenvalue weighted by Crippen LogP contribution is -2.19. The van der Waals surface area contributed by atoms with Gasteiger partial charge in [-0.3, -0.25) is 9.78 Å². The number of hydrazone groups is 1. The van der Waals surface area contributed by atoms with E-state index in [1.54, 1.807) is 13.0 Å². The largest absolute Gasteiger partial charge is 0.460 e. The normalized spacial score (nSPS) is 11.2. The Kier molecular flexibility index (Phi) is 4.31. The van der Waals surface area contributed by atoms with Gasteiger partial charge in [-0.05, 0) is 26.0 Å². The summed E-state index contributed by atoms with van der Waals surface area (Å²) in [5.41, 5.74) is 3.39. The molecule has 0 bridgehead atoms. The van der Waals surface area contributed by atoms with E-state index < -0.39 is 0 Å². The van der Waals surface area contributed by atoms with Crippen molar-refractivity contribution in [2.75, 3.05) is 12.0 Å². The van der Waals surface area contributed by atoms with E-state index in [0.29, 0.717) is 17.0 Å². The first-order valence-electron chi connectivity index (χ1n) is 6.16. The van der Waals surface area contributed by atoms with Gasteiger partial charge in [-0.25, -0.2) is 10.4 Å². The van der Waals surface area contributed by atoms with E-state index in [1.165, 1.54) is 6.21 Å². The van der Waals surface area contributed by atoms with Crippen molar-refractivity contribution in [2.24, 2.45) is 5.10 Å². The third-order valence-electron chi connectivity index (χ3n) is 2.71. The van der Waals surface area contributed by atoms with E-state index in [2.05, 4.69) is 20.5 Å². The average molecular weight is 276 g/mol. The number of nitrogens with one attached hydrogen (secondary N) is 2. The Morgan fingerprint density at radius 3 is 2.90 bits per heavy atom. The van der Waals surface area contributed by atoms with Gasteiger partial charge >= 0.3 is 0 Å². The second-order valence-corrected chi connectivity index (χ2v) is 4.27. The van der Waals surface area contributed by atoms with Crippen molar-refractivity contribution < 1.29 is 9.52 Å². The first-order valence-corrected chi connectivity index (χ1v) is 6.16. The van der Waals surface area contributed by atoms with Crippen molar-refractivity contribution in [3.8, 4) is 0 Å². The highest BCUT2D eigenvalue weighted by Gasteiger charge is 2.06. The quantitative estimate of drug-likeness (QED) is 0.557. The number of nitrogens with zero attached hydrogens (tertiary/aromatic N) is 2. The fourth-order valence-electron chi connectivity index (χ4n) is 1.75. The van der Waals surface area contributed by atoms with Crippen LogP contribution in [0.25, 0.3) is 0 Å². The van der Waals surface area contributed by atoms with Crippen molar-refractivity contribution >= 4 is 12.2 Å². The van der Waals surface area contributed by atoms with Crippen LogP contribution in [0.1, 0.15) is 22.8 Å². The SMILES string of the molecule is Cc1ccc(/C=N\Nc2nc(C)c(CCO)c(=O)[nH]2)o1. The zero-order valence-corrected chi connectivity index (χ0v) is 11.3. The van der Waals surface area contributed by atoms with Crippen LogP contribution in [0, 0.1) is 13.8 Å². The van der Waals surface area contributed by atoms with Gasteiger partial charge in [-0.1, -0.05) is 0 Å². The van der Waals surface area contributed by atoms with E-state index in [0.717, 1.165) is 5.76 Å². The van der Waals surface area contributed by atoms with E-state index >= 15 is 0 Å². The van der Waals surface area contributed by atoms with Gasteiger partial charge in [0.1, 0.15) is 11.5 Å². The van der Waals surface area contributed by atoms with Gasteiger partial charge in [0.05, 0.1) is 11.9 Å². The van der Waals surface area contributed by atoms with Crippen molar-refractivity contribution in [1.29, 1.82) is 0 Å². The molecule has 0 fully saturated rings. The predicted octanol–water partition coefficient (Wildman–Crippen LogP) is 0.961. The molecular weight excluding hydrogens is 260 g/mol. The molecule has 2 aromatic heterocycles. The highest BCUT2D eigenvalue weighted by molar-refractivity contribution is 5.76. The molecule has 0 atom stereocenters. The smallest absolute Gasteiger partial charge is 0.255 e. The summed E-state index contributed by atoms with van der Waals surface area (Å²) in [5, 5.41) is 12.8. The number of aromatic amines is 1. The number of hydrogen-bond acceptors (Lipinski definition) is 6. The van der Waals surface area contributed by atoms with Crippen molar-refractivity contribution in [1.82, 2.24) is 9.97 Å². The van der Waals surface area contributed by atoms with Crippen LogP contribution in [0.5, 0.6) is 0 Å². The fraction of sp³-hybridized carbons (Fsp3) is 0.308. The van der Waals surface area contributed by atoms with Crippen molar-refractivity contribution in [3.63, 3.8) is 0 Å². The van der Waals surface area contributed by atoms with Gasteiger partial charge in [0, 0.05) is 18.6 Å². The molecule has 0 aliphatic carbocycles. The minimum Gasteiger partial charge on any atom is -0.460 e. The molecule has 2 aromatic rings. The monoisotopic (exact) mass is 276 g/mol. The van der Waals surface area contributed by atoms with Gasteiger partial charge in [-0.15, -0.1) is 0 Å². The van der Waals surface area contributed by atoms with Gasteiger partial charge in [0.15, 0.2) is 0 Å². The Morgan fingerprint density at radius 1 is 1.50 bits per heavy atom. The van der Waals surface area contributed by atoms with E-state index in [4.69, 9.17) is 9.52 Å². The molecule has 106 valence electrons. The zero-order valence-electron chi connectivity index (χ0n) is 11.3. The summed E-state index contributed by atoms with van der Waals surface area (Å²) in [4.78, 5) is 18.5. The van der Waals surface area contributed by atoms with Crippen LogP contribution in [0.2, 0.25) is 0 Å². The second-order valence-electron chi connectivity index (χ2n) is 4.27. The number of aryl methyl sites for hydroxylation is 2. The Bertz CT molecular complexity index is 672. The lowest BCUT2D eigenvalue weighted by Gasteiger charge is -2.04. The molecule has 0 spiro atoms. The number of aliphatic hydroxyl groups is 1. The summed E-state index contributed by atoms with van der Waals surface area (Å²) in [6.45, 7) is 3.46. The summed E-state index contributed by atoms with van der Waals surface area (Å²) >= 11 is 0. The van der Waals surface area contributed by atoms with Gasteiger partial charge < -0.3 is 9.52 Å². The van der Waals surface area contributed by atoms with Crippen LogP contribution in [-0.4, -0.2) is 27.9 Å². The number of hydrogen-bond donors (Lipinski definition) is 3. The predicted molar refractivity (Wildman–Crippen MR) is 75.0 cm³/mol. The standard InChI is InChI=1S/C13H16N4O3/c1-8-3-4-10(20-8)7-14-17-13-15-9(2)11(5-6-18)12(19)16-13/h3-4,7,18H,5-6H2,1-2H3,(H2,15,16,17,19)/b14-7-. The van der Waals surface area contributed by atoms with E-state index in [9.17, 15) is 4.79 Å². The molecule has 2 rings (SSSR count). The first-order chi connectivity index (χ1) is 9.60. The molecule has 0 unspecified atom stereocenters. The highest BCUT2D eigenvalue weighted by Crippen LogP contribution is 2.05. The summed E-state index contributed by atoms with van der Waals surface area (Å²) in [7, 11) is 0. The van der Waals surface area contributed by atoms with Gasteiger partial charge in [0.25, 0.3) is 5.56 Å². The lowest BCUT2D eigenvalue weighted by atomic mass is 10.2. The van der Waals surface area contributed by atoms with Crippen LogP contribution >= 0.6 is 0 Å². The molecule has 7 nitrogen and oxygen atoms in total. The second kappa shape index (κ2) is 6.16. The summed E-state index contributed by atoms with van der Waals surface area (Å²) in [5.74, 6) is 1.64. The maximum Gasteiger partial charge on any atom is 0.255 e. The topological polar surface area (TPSA) is 104 Å². The molecule has 0 amide bonds. The van der Waals surface area contributed by atoms with Crippen LogP contribution in [-0.2, 0) is 6.42 Å².